The number of nitrogens with zero attached hydrogens (tertiary/aromatic N) is 2. The molecule has 1 aromatic carbocycles. The van der Waals surface area contributed by atoms with Crippen LogP contribution in [0, 0.1) is 0 Å². The zero-order chi connectivity index (χ0) is 27.1. The van der Waals surface area contributed by atoms with Crippen LogP contribution in [0.5, 0.6) is 5.75 Å². The van der Waals surface area contributed by atoms with Gasteiger partial charge in [-0.3, -0.25) is 24.1 Å². The molecule has 1 aromatic rings. The number of hydrogen-bond donors (Lipinski definition) is 2. The fraction of sp³-hybridized carbons (Fsp3) is 0.577. The van der Waals surface area contributed by atoms with Gasteiger partial charge in [-0.1, -0.05) is 13.8 Å². The van der Waals surface area contributed by atoms with Crippen LogP contribution < -0.4 is 15.4 Å². The van der Waals surface area contributed by atoms with Crippen molar-refractivity contribution < 1.29 is 28.7 Å². The molecule has 0 aliphatic carbocycles. The van der Waals surface area contributed by atoms with Gasteiger partial charge in [0.2, 0.25) is 11.8 Å². The Kier molecular flexibility index (Phi) is 14.0. The lowest BCUT2D eigenvalue weighted by molar-refractivity contribution is -0.130. The quantitative estimate of drug-likeness (QED) is 0.213. The Morgan fingerprint density at radius 3 is 2.39 bits per heavy atom. The molecule has 0 fully saturated rings. The number of imide groups is 1. The van der Waals surface area contributed by atoms with E-state index in [0.717, 1.165) is 24.2 Å². The summed E-state index contributed by atoms with van der Waals surface area (Å²) >= 11 is 0. The highest BCUT2D eigenvalue weighted by atomic mass is 16.5. The molecule has 10 heteroatoms. The first-order valence-corrected chi connectivity index (χ1v) is 12.6. The predicted molar refractivity (Wildman–Crippen MR) is 137 cm³/mol. The molecule has 1 aliphatic rings. The van der Waals surface area contributed by atoms with Crippen molar-refractivity contribution >= 4 is 29.9 Å². The van der Waals surface area contributed by atoms with Gasteiger partial charge in [-0.05, 0) is 57.9 Å². The van der Waals surface area contributed by atoms with Gasteiger partial charge in [0, 0.05) is 26.6 Å². The summed E-state index contributed by atoms with van der Waals surface area (Å²) < 4.78 is 5.77. The molecule has 10 nitrogen and oxygen atoms in total. The highest BCUT2D eigenvalue weighted by molar-refractivity contribution is 6.23. The van der Waals surface area contributed by atoms with Crippen LogP contribution in [0.25, 0.3) is 0 Å². The van der Waals surface area contributed by atoms with Gasteiger partial charge in [-0.25, -0.2) is 0 Å². The van der Waals surface area contributed by atoms with E-state index >= 15 is 0 Å². The van der Waals surface area contributed by atoms with E-state index in [4.69, 9.17) is 4.74 Å². The molecule has 4 amide bonds. The monoisotopic (exact) mass is 504 g/mol. The first-order chi connectivity index (χ1) is 17.4. The summed E-state index contributed by atoms with van der Waals surface area (Å²) in [6.07, 6.45) is 3.29. The summed E-state index contributed by atoms with van der Waals surface area (Å²) in [6, 6.07) is 3.63. The fourth-order valence-electron chi connectivity index (χ4n) is 3.88. The van der Waals surface area contributed by atoms with Gasteiger partial charge in [0.05, 0.1) is 24.3 Å². The number of amides is 4. The number of nitrogens with one attached hydrogen (secondary N) is 2. The van der Waals surface area contributed by atoms with E-state index in [0.29, 0.717) is 38.3 Å². The van der Waals surface area contributed by atoms with Gasteiger partial charge in [0.15, 0.2) is 0 Å². The Morgan fingerprint density at radius 2 is 1.78 bits per heavy atom. The molecule has 0 radical (unpaired) electrons. The number of ether oxygens (including phenoxy) is 1. The maximum Gasteiger partial charge on any atom is 0.262 e. The molecular weight excluding hydrogens is 464 g/mol. The van der Waals surface area contributed by atoms with E-state index in [2.05, 4.69) is 10.6 Å². The molecule has 1 unspecified atom stereocenters. The molecule has 0 saturated heterocycles. The normalized spacial score (nSPS) is 12.9. The summed E-state index contributed by atoms with van der Waals surface area (Å²) in [7, 11) is 3.16. The summed E-state index contributed by atoms with van der Waals surface area (Å²) in [5, 5.41) is 5.32. The zero-order valence-electron chi connectivity index (χ0n) is 22.1. The van der Waals surface area contributed by atoms with Crippen LogP contribution in [0.4, 0.5) is 0 Å². The second-order valence-corrected chi connectivity index (χ2v) is 7.97. The van der Waals surface area contributed by atoms with Crippen molar-refractivity contribution in [3.63, 3.8) is 0 Å². The molecule has 0 saturated carbocycles. The van der Waals surface area contributed by atoms with Crippen LogP contribution in [-0.4, -0.2) is 86.1 Å². The number of unbranched alkanes of at least 4 members (excludes halogenated alkanes) is 2. The van der Waals surface area contributed by atoms with Crippen LogP contribution in [-0.2, 0) is 14.4 Å². The number of benzene rings is 1. The smallest absolute Gasteiger partial charge is 0.262 e. The Balaban J connectivity index is 0.00000316. The number of fused-ring (bicyclic) bond motifs is 1. The first kappa shape index (κ1) is 30.8. The standard InChI is InChI=1S/C24H34N4O6.C2H6/c1-4-27(21(30)16-25-2)12-6-5-7-14-34-17-10-11-18-19(15-17)24(33)28(23(18)32)20(9-8-13-29)22(31)26-3;1-2/h10-11,13,15,20,25H,4-9,12,14,16H2,1-3H3,(H,26,31);1-2H3. The second kappa shape index (κ2) is 16.4. The molecule has 0 aromatic heterocycles. The van der Waals surface area contributed by atoms with Gasteiger partial charge in [0.1, 0.15) is 18.1 Å². The molecular formula is C26H40N4O6. The number of carbonyl (C=O) groups excluding carboxylic acids is 5. The van der Waals surface area contributed by atoms with E-state index in [1.165, 1.54) is 19.2 Å². The Morgan fingerprint density at radius 1 is 1.08 bits per heavy atom. The molecule has 200 valence electrons. The zero-order valence-corrected chi connectivity index (χ0v) is 22.1. The van der Waals surface area contributed by atoms with E-state index in [1.54, 1.807) is 13.1 Å². The molecule has 2 rings (SSSR count). The minimum atomic E-state index is -1.05. The summed E-state index contributed by atoms with van der Waals surface area (Å²) in [6.45, 7) is 8.08. The van der Waals surface area contributed by atoms with Crippen LogP contribution in [0.15, 0.2) is 18.2 Å². The van der Waals surface area contributed by atoms with Crippen molar-refractivity contribution in [3.8, 4) is 5.75 Å². The van der Waals surface area contributed by atoms with Gasteiger partial charge >= 0.3 is 0 Å². The lowest BCUT2D eigenvalue weighted by Crippen LogP contribution is -2.48. The molecule has 1 heterocycles. The van der Waals surface area contributed by atoms with E-state index in [1.807, 2.05) is 25.7 Å². The number of carbonyl (C=O) groups is 5. The topological polar surface area (TPSA) is 125 Å². The molecule has 0 spiro atoms. The minimum Gasteiger partial charge on any atom is -0.494 e. The van der Waals surface area contributed by atoms with E-state index in [9.17, 15) is 24.0 Å². The van der Waals surface area contributed by atoms with Gasteiger partial charge in [-0.2, -0.15) is 0 Å². The maximum atomic E-state index is 12.9. The third-order valence-electron chi connectivity index (χ3n) is 5.71. The molecule has 1 aliphatic heterocycles. The van der Waals surface area contributed by atoms with E-state index < -0.39 is 23.8 Å². The highest BCUT2D eigenvalue weighted by Gasteiger charge is 2.42. The van der Waals surface area contributed by atoms with Gasteiger partial charge < -0.3 is 25.1 Å². The third kappa shape index (κ3) is 8.15. The fourth-order valence-corrected chi connectivity index (χ4v) is 3.88. The highest BCUT2D eigenvalue weighted by Crippen LogP contribution is 2.29. The van der Waals surface area contributed by atoms with Crippen molar-refractivity contribution in [1.29, 1.82) is 0 Å². The van der Waals surface area contributed by atoms with E-state index in [-0.39, 0.29) is 29.9 Å². The van der Waals surface area contributed by atoms with Gasteiger partial charge in [-0.15, -0.1) is 0 Å². The molecule has 36 heavy (non-hydrogen) atoms. The average Bonchev–Trinajstić information content (AvgIpc) is 3.14. The minimum absolute atomic E-state index is 0.0551. The Bertz CT molecular complexity index is 904. The largest absolute Gasteiger partial charge is 0.494 e. The summed E-state index contributed by atoms with van der Waals surface area (Å²) in [5.74, 6) is -1.08. The number of aldehydes is 1. The SMILES string of the molecule is CC.CCN(CCCCCOc1ccc2c(c1)C(=O)N(C(CCC=O)C(=O)NC)C2=O)C(=O)CNC. The van der Waals surface area contributed by atoms with Crippen LogP contribution >= 0.6 is 0 Å². The average molecular weight is 505 g/mol. The van der Waals surface area contributed by atoms with Gasteiger partial charge in [0.25, 0.3) is 11.8 Å². The maximum absolute atomic E-state index is 12.9. The van der Waals surface area contributed by atoms with Crippen molar-refractivity contribution in [2.24, 2.45) is 0 Å². The predicted octanol–water partition coefficient (Wildman–Crippen LogP) is 2.02. The third-order valence-corrected chi connectivity index (χ3v) is 5.71. The number of hydrogen-bond acceptors (Lipinski definition) is 7. The van der Waals surface area contributed by atoms with Crippen molar-refractivity contribution in [3.05, 3.63) is 29.3 Å². The van der Waals surface area contributed by atoms with Crippen LogP contribution in [0.1, 0.15) is 73.6 Å². The van der Waals surface area contributed by atoms with Crippen molar-refractivity contribution in [2.75, 3.05) is 40.3 Å². The van der Waals surface area contributed by atoms with Crippen LogP contribution in [0.2, 0.25) is 0 Å². The summed E-state index contributed by atoms with van der Waals surface area (Å²) in [4.78, 5) is 63.4. The van der Waals surface area contributed by atoms with Crippen LogP contribution in [0.3, 0.4) is 0 Å². The molecule has 1 atom stereocenters. The number of likely N-dealkylation sites (N-methyl/N-ethyl adjacent to an activating group) is 3. The van der Waals surface area contributed by atoms with Crippen molar-refractivity contribution in [1.82, 2.24) is 20.4 Å². The molecule has 0 bridgehead atoms. The second-order valence-electron chi connectivity index (χ2n) is 7.97. The Hall–Kier alpha value is -3.27. The Labute approximate surface area is 213 Å². The molecule has 2 N–H and O–H groups in total. The number of rotatable bonds is 15. The lowest BCUT2D eigenvalue weighted by atomic mass is 10.1. The lowest BCUT2D eigenvalue weighted by Gasteiger charge is -2.24. The first-order valence-electron chi connectivity index (χ1n) is 12.6. The van der Waals surface area contributed by atoms with Crippen molar-refractivity contribution in [2.45, 2.75) is 58.9 Å². The summed E-state index contributed by atoms with van der Waals surface area (Å²) in [5.41, 5.74) is 0.396.